The first-order valence-electron chi connectivity index (χ1n) is 8.78. The summed E-state index contributed by atoms with van der Waals surface area (Å²) in [6.45, 7) is 4.04. The average Bonchev–Trinajstić information content (AvgIpc) is 3.45. The summed E-state index contributed by atoms with van der Waals surface area (Å²) in [5.74, 6) is -0.468. The van der Waals surface area contributed by atoms with Crippen LogP contribution in [0.25, 0.3) is 0 Å². The number of carbonyl (C=O) groups excluding carboxylic acids is 2. The van der Waals surface area contributed by atoms with E-state index >= 15 is 0 Å². The monoisotopic (exact) mass is 369 g/mol. The molecule has 1 aliphatic rings. The van der Waals surface area contributed by atoms with Crippen LogP contribution in [0.4, 0.5) is 0 Å². The van der Waals surface area contributed by atoms with Crippen LogP contribution >= 0.6 is 11.8 Å². The van der Waals surface area contributed by atoms with E-state index < -0.39 is 12.1 Å². The lowest BCUT2D eigenvalue weighted by atomic mass is 10.1. The lowest BCUT2D eigenvalue weighted by molar-refractivity contribution is -0.154. The molecule has 0 spiro atoms. The van der Waals surface area contributed by atoms with Crippen molar-refractivity contribution < 1.29 is 14.3 Å². The molecule has 1 fully saturated rings. The number of benzene rings is 2. The topological polar surface area (TPSA) is 55.4 Å². The Bertz CT molecular complexity index is 787. The van der Waals surface area contributed by atoms with Crippen molar-refractivity contribution in [2.24, 2.45) is 0 Å². The maximum absolute atomic E-state index is 12.5. The highest BCUT2D eigenvalue weighted by Gasteiger charge is 2.30. The van der Waals surface area contributed by atoms with Gasteiger partial charge in [-0.25, -0.2) is 0 Å². The molecule has 1 amide bonds. The summed E-state index contributed by atoms with van der Waals surface area (Å²) in [4.78, 5) is 25.9. The molecule has 2 aromatic carbocycles. The van der Waals surface area contributed by atoms with Gasteiger partial charge in [0.1, 0.15) is 0 Å². The van der Waals surface area contributed by atoms with E-state index in [1.54, 1.807) is 0 Å². The molecule has 0 aromatic heterocycles. The van der Waals surface area contributed by atoms with Crippen LogP contribution in [0, 0.1) is 13.8 Å². The van der Waals surface area contributed by atoms with Gasteiger partial charge in [0, 0.05) is 16.5 Å². The Morgan fingerprint density at radius 3 is 2.58 bits per heavy atom. The molecule has 0 saturated heterocycles. The third-order valence-corrected chi connectivity index (χ3v) is 5.33. The first kappa shape index (κ1) is 18.5. The maximum atomic E-state index is 12.5. The van der Waals surface area contributed by atoms with Crippen LogP contribution in [0.1, 0.15) is 35.6 Å². The van der Waals surface area contributed by atoms with Gasteiger partial charge in [0.05, 0.1) is 5.75 Å². The normalized spacial score (nSPS) is 14.5. The number of hydrogen-bond acceptors (Lipinski definition) is 4. The smallest absolute Gasteiger partial charge is 0.317 e. The summed E-state index contributed by atoms with van der Waals surface area (Å²) < 4.78 is 5.55. The molecule has 1 aliphatic carbocycles. The summed E-state index contributed by atoms with van der Waals surface area (Å²) in [5.41, 5.74) is 2.97. The molecule has 4 nitrogen and oxygen atoms in total. The highest BCUT2D eigenvalue weighted by atomic mass is 32.2. The molecule has 1 atom stereocenters. The molecular weight excluding hydrogens is 346 g/mol. The fourth-order valence-electron chi connectivity index (χ4n) is 2.57. The Morgan fingerprint density at radius 1 is 1.15 bits per heavy atom. The largest absolute Gasteiger partial charge is 0.447 e. The zero-order valence-corrected chi connectivity index (χ0v) is 15.8. The number of hydrogen-bond donors (Lipinski definition) is 1. The average molecular weight is 369 g/mol. The van der Waals surface area contributed by atoms with Gasteiger partial charge in [0.15, 0.2) is 0 Å². The van der Waals surface area contributed by atoms with Crippen molar-refractivity contribution in [3.8, 4) is 0 Å². The molecule has 136 valence electrons. The molecule has 1 N–H and O–H groups in total. The molecule has 0 heterocycles. The zero-order chi connectivity index (χ0) is 18.5. The molecule has 0 unspecified atom stereocenters. The Hall–Kier alpha value is -2.27. The van der Waals surface area contributed by atoms with E-state index in [2.05, 4.69) is 11.4 Å². The SMILES string of the molecule is Cc1ccc(C)c(SCC(=O)O[C@H](C(=O)NC2CC2)c2ccccc2)c1. The number of carbonyl (C=O) groups is 2. The van der Waals surface area contributed by atoms with E-state index in [1.165, 1.54) is 11.8 Å². The predicted molar refractivity (Wildman–Crippen MR) is 103 cm³/mol. The second kappa shape index (κ2) is 8.41. The fraction of sp³-hybridized carbons (Fsp3) is 0.333. The van der Waals surface area contributed by atoms with Crippen LogP contribution in [0.2, 0.25) is 0 Å². The van der Waals surface area contributed by atoms with E-state index in [0.717, 1.165) is 28.9 Å². The van der Waals surface area contributed by atoms with Crippen molar-refractivity contribution in [3.05, 3.63) is 65.2 Å². The van der Waals surface area contributed by atoms with Crippen molar-refractivity contribution in [1.29, 1.82) is 0 Å². The lowest BCUT2D eigenvalue weighted by Gasteiger charge is -2.18. The van der Waals surface area contributed by atoms with Gasteiger partial charge in [-0.15, -0.1) is 11.8 Å². The number of esters is 1. The van der Waals surface area contributed by atoms with Gasteiger partial charge in [0.2, 0.25) is 6.10 Å². The van der Waals surface area contributed by atoms with E-state index in [1.807, 2.05) is 56.3 Å². The molecule has 0 bridgehead atoms. The minimum Gasteiger partial charge on any atom is -0.447 e. The first-order valence-corrected chi connectivity index (χ1v) is 9.76. The van der Waals surface area contributed by atoms with E-state index in [9.17, 15) is 9.59 Å². The van der Waals surface area contributed by atoms with Crippen molar-refractivity contribution in [2.45, 2.75) is 43.7 Å². The quantitative estimate of drug-likeness (QED) is 0.593. The van der Waals surface area contributed by atoms with Crippen molar-refractivity contribution in [3.63, 3.8) is 0 Å². The third kappa shape index (κ3) is 5.11. The Morgan fingerprint density at radius 2 is 1.88 bits per heavy atom. The second-order valence-electron chi connectivity index (χ2n) is 6.62. The van der Waals surface area contributed by atoms with Crippen molar-refractivity contribution >= 4 is 23.6 Å². The van der Waals surface area contributed by atoms with Crippen LogP contribution in [0.5, 0.6) is 0 Å². The molecule has 3 rings (SSSR count). The second-order valence-corrected chi connectivity index (χ2v) is 7.64. The number of thioether (sulfide) groups is 1. The van der Waals surface area contributed by atoms with Gasteiger partial charge in [-0.3, -0.25) is 9.59 Å². The summed E-state index contributed by atoms with van der Waals surface area (Å²) in [5, 5.41) is 2.93. The first-order chi connectivity index (χ1) is 12.5. The van der Waals surface area contributed by atoms with Crippen molar-refractivity contribution in [2.75, 3.05) is 5.75 Å². The summed E-state index contributed by atoms with van der Waals surface area (Å²) >= 11 is 1.44. The predicted octanol–water partition coefficient (Wildman–Crippen LogP) is 3.96. The Labute approximate surface area is 158 Å². The van der Waals surface area contributed by atoms with Gasteiger partial charge in [-0.05, 0) is 38.3 Å². The number of nitrogens with one attached hydrogen (secondary N) is 1. The number of amides is 1. The van der Waals surface area contributed by atoms with E-state index in [4.69, 9.17) is 4.74 Å². The number of ether oxygens (including phenoxy) is 1. The number of aryl methyl sites for hydroxylation is 2. The molecule has 0 radical (unpaired) electrons. The van der Waals surface area contributed by atoms with Crippen LogP contribution < -0.4 is 5.32 Å². The van der Waals surface area contributed by atoms with Gasteiger partial charge in [-0.2, -0.15) is 0 Å². The van der Waals surface area contributed by atoms with Gasteiger partial charge >= 0.3 is 5.97 Å². The Kier molecular flexibility index (Phi) is 5.99. The summed E-state index contributed by atoms with van der Waals surface area (Å²) in [7, 11) is 0. The van der Waals surface area contributed by atoms with Crippen LogP contribution in [-0.2, 0) is 14.3 Å². The minimum atomic E-state index is -0.900. The summed E-state index contributed by atoms with van der Waals surface area (Å²) in [6.07, 6.45) is 1.08. The Balaban J connectivity index is 1.64. The highest BCUT2D eigenvalue weighted by molar-refractivity contribution is 8.00. The number of rotatable bonds is 7. The van der Waals surface area contributed by atoms with Gasteiger partial charge < -0.3 is 10.1 Å². The van der Waals surface area contributed by atoms with Gasteiger partial charge in [-0.1, -0.05) is 48.0 Å². The maximum Gasteiger partial charge on any atom is 0.317 e. The minimum absolute atomic E-state index is 0.171. The van der Waals surface area contributed by atoms with E-state index in [0.29, 0.717) is 5.56 Å². The molecule has 1 saturated carbocycles. The van der Waals surface area contributed by atoms with Crippen LogP contribution in [0.15, 0.2) is 53.4 Å². The summed E-state index contributed by atoms with van der Waals surface area (Å²) in [6, 6.07) is 15.5. The molecule has 0 aliphatic heterocycles. The van der Waals surface area contributed by atoms with Crippen molar-refractivity contribution in [1.82, 2.24) is 5.32 Å². The third-order valence-electron chi connectivity index (χ3n) is 4.20. The van der Waals surface area contributed by atoms with E-state index in [-0.39, 0.29) is 17.7 Å². The molecular formula is C21H23NO3S. The van der Waals surface area contributed by atoms with Crippen LogP contribution in [0.3, 0.4) is 0 Å². The highest BCUT2D eigenvalue weighted by Crippen LogP contribution is 2.26. The lowest BCUT2D eigenvalue weighted by Crippen LogP contribution is -2.33. The van der Waals surface area contributed by atoms with Gasteiger partial charge in [0.25, 0.3) is 5.91 Å². The zero-order valence-electron chi connectivity index (χ0n) is 15.0. The molecule has 26 heavy (non-hydrogen) atoms. The molecule has 5 heteroatoms. The fourth-order valence-corrected chi connectivity index (χ4v) is 3.48. The molecule has 2 aromatic rings. The standard InChI is InChI=1S/C21H23NO3S/c1-14-8-9-15(2)18(12-14)26-13-19(23)25-20(16-6-4-3-5-7-16)21(24)22-17-10-11-17/h3-9,12,17,20H,10-11,13H2,1-2H3,(H,22,24)/t20-/m0/s1. The van der Waals surface area contributed by atoms with Crippen LogP contribution in [-0.4, -0.2) is 23.7 Å².